The van der Waals surface area contributed by atoms with E-state index in [1.807, 2.05) is 0 Å². The van der Waals surface area contributed by atoms with Crippen molar-refractivity contribution in [2.75, 3.05) is 13.7 Å². The number of aryl methyl sites for hydroxylation is 1. The summed E-state index contributed by atoms with van der Waals surface area (Å²) in [7, 11) is 1.78. The maximum absolute atomic E-state index is 9.01. The summed E-state index contributed by atoms with van der Waals surface area (Å²) in [6.45, 7) is 2.83. The highest BCUT2D eigenvalue weighted by Gasteiger charge is 2.04. The van der Waals surface area contributed by atoms with Crippen LogP contribution in [0, 0.1) is 6.92 Å². The van der Waals surface area contributed by atoms with Gasteiger partial charge in [0.15, 0.2) is 4.80 Å². The van der Waals surface area contributed by atoms with E-state index in [1.54, 1.807) is 18.4 Å². The van der Waals surface area contributed by atoms with E-state index in [1.165, 1.54) is 10.3 Å². The monoisotopic (exact) mass is 222 g/mol. The zero-order valence-corrected chi connectivity index (χ0v) is 9.71. The van der Waals surface area contributed by atoms with Crippen LogP contribution < -0.4 is 4.80 Å². The number of rotatable bonds is 2. The molecular formula is C11H14N2OS. The van der Waals surface area contributed by atoms with Crippen LogP contribution in [0.5, 0.6) is 0 Å². The van der Waals surface area contributed by atoms with E-state index in [-0.39, 0.29) is 6.61 Å². The molecular weight excluding hydrogens is 208 g/mol. The molecule has 0 spiro atoms. The summed E-state index contributed by atoms with van der Waals surface area (Å²) in [6.07, 6.45) is 0. The smallest absolute Gasteiger partial charge is 0.185 e. The van der Waals surface area contributed by atoms with Crippen LogP contribution in [0.25, 0.3) is 10.2 Å². The van der Waals surface area contributed by atoms with E-state index >= 15 is 0 Å². The van der Waals surface area contributed by atoms with E-state index in [2.05, 4.69) is 34.7 Å². The predicted molar refractivity (Wildman–Crippen MR) is 63.1 cm³/mol. The van der Waals surface area contributed by atoms with Crippen molar-refractivity contribution in [1.82, 2.24) is 4.57 Å². The Hall–Kier alpha value is -1.13. The van der Waals surface area contributed by atoms with Crippen molar-refractivity contribution in [3.8, 4) is 0 Å². The van der Waals surface area contributed by atoms with Crippen LogP contribution >= 0.6 is 11.3 Å². The third-order valence-electron chi connectivity index (χ3n) is 2.35. The number of hydrogen-bond acceptors (Lipinski definition) is 3. The van der Waals surface area contributed by atoms with E-state index < -0.39 is 0 Å². The molecule has 0 radical (unpaired) electrons. The van der Waals surface area contributed by atoms with Gasteiger partial charge in [0, 0.05) is 13.6 Å². The lowest BCUT2D eigenvalue weighted by Crippen LogP contribution is -2.16. The summed E-state index contributed by atoms with van der Waals surface area (Å²) in [4.78, 5) is 5.19. The molecule has 0 saturated heterocycles. The van der Waals surface area contributed by atoms with E-state index in [4.69, 9.17) is 5.11 Å². The molecule has 0 aliphatic rings. The SMILES string of the molecule is CN=c1sc2cc(C)ccc2n1CCO. The third kappa shape index (κ3) is 1.82. The quantitative estimate of drug-likeness (QED) is 0.822. The predicted octanol–water partition coefficient (Wildman–Crippen LogP) is 1.53. The van der Waals surface area contributed by atoms with Crippen molar-refractivity contribution >= 4 is 21.6 Å². The Morgan fingerprint density at radius 3 is 2.93 bits per heavy atom. The summed E-state index contributed by atoms with van der Waals surface area (Å²) >= 11 is 1.66. The molecule has 0 amide bonds. The molecule has 1 aromatic heterocycles. The van der Waals surface area contributed by atoms with Gasteiger partial charge in [0.25, 0.3) is 0 Å². The summed E-state index contributed by atoms with van der Waals surface area (Å²) in [5.74, 6) is 0. The molecule has 0 atom stereocenters. The maximum atomic E-state index is 9.01. The second kappa shape index (κ2) is 4.16. The van der Waals surface area contributed by atoms with Crippen molar-refractivity contribution in [2.45, 2.75) is 13.5 Å². The lowest BCUT2D eigenvalue weighted by molar-refractivity contribution is 0.276. The second-order valence-electron chi connectivity index (χ2n) is 3.45. The Bertz CT molecular complexity index is 539. The van der Waals surface area contributed by atoms with Gasteiger partial charge in [-0.3, -0.25) is 4.99 Å². The van der Waals surface area contributed by atoms with Gasteiger partial charge in [0.05, 0.1) is 16.8 Å². The van der Waals surface area contributed by atoms with Gasteiger partial charge in [-0.25, -0.2) is 0 Å². The zero-order valence-electron chi connectivity index (χ0n) is 8.90. The molecule has 80 valence electrons. The number of thiazole rings is 1. The minimum absolute atomic E-state index is 0.146. The normalized spacial score (nSPS) is 12.6. The molecule has 2 aromatic rings. The van der Waals surface area contributed by atoms with E-state index in [0.717, 1.165) is 10.3 Å². The summed E-state index contributed by atoms with van der Waals surface area (Å²) in [5.41, 5.74) is 2.41. The zero-order chi connectivity index (χ0) is 10.8. The average molecular weight is 222 g/mol. The van der Waals surface area contributed by atoms with Gasteiger partial charge in [0.2, 0.25) is 0 Å². The first kappa shape index (κ1) is 10.4. The molecule has 0 aliphatic heterocycles. The Kier molecular flexibility index (Phi) is 2.88. The molecule has 0 unspecified atom stereocenters. The molecule has 1 N–H and O–H groups in total. The number of benzene rings is 1. The van der Waals surface area contributed by atoms with Crippen molar-refractivity contribution < 1.29 is 5.11 Å². The molecule has 0 aliphatic carbocycles. The molecule has 0 fully saturated rings. The van der Waals surface area contributed by atoms with Gasteiger partial charge in [-0.2, -0.15) is 0 Å². The Labute approximate surface area is 92.3 Å². The second-order valence-corrected chi connectivity index (χ2v) is 4.46. The number of fused-ring (bicyclic) bond motifs is 1. The summed E-state index contributed by atoms with van der Waals surface area (Å²) in [6, 6.07) is 6.33. The first-order chi connectivity index (χ1) is 7.26. The third-order valence-corrected chi connectivity index (χ3v) is 3.49. The fourth-order valence-corrected chi connectivity index (χ4v) is 2.78. The lowest BCUT2D eigenvalue weighted by Gasteiger charge is -2.01. The van der Waals surface area contributed by atoms with Gasteiger partial charge >= 0.3 is 0 Å². The Morgan fingerprint density at radius 1 is 1.47 bits per heavy atom. The van der Waals surface area contributed by atoms with Crippen molar-refractivity contribution in [3.05, 3.63) is 28.6 Å². The van der Waals surface area contributed by atoms with Gasteiger partial charge in [0.1, 0.15) is 0 Å². The van der Waals surface area contributed by atoms with Crippen molar-refractivity contribution in [1.29, 1.82) is 0 Å². The Morgan fingerprint density at radius 2 is 2.27 bits per heavy atom. The van der Waals surface area contributed by atoms with Gasteiger partial charge in [-0.1, -0.05) is 17.4 Å². The van der Waals surface area contributed by atoms with E-state index in [9.17, 15) is 0 Å². The van der Waals surface area contributed by atoms with E-state index in [0.29, 0.717) is 6.54 Å². The first-order valence-electron chi connectivity index (χ1n) is 4.90. The van der Waals surface area contributed by atoms with Crippen LogP contribution in [-0.2, 0) is 6.54 Å². The minimum atomic E-state index is 0.146. The fourth-order valence-electron chi connectivity index (χ4n) is 1.67. The van der Waals surface area contributed by atoms with Gasteiger partial charge in [-0.15, -0.1) is 0 Å². The van der Waals surface area contributed by atoms with Crippen LogP contribution in [-0.4, -0.2) is 23.3 Å². The average Bonchev–Trinajstić information content (AvgIpc) is 2.56. The summed E-state index contributed by atoms with van der Waals surface area (Å²) < 4.78 is 3.28. The van der Waals surface area contributed by atoms with Crippen LogP contribution in [0.4, 0.5) is 0 Å². The highest BCUT2D eigenvalue weighted by Crippen LogP contribution is 2.18. The minimum Gasteiger partial charge on any atom is -0.395 e. The Balaban J connectivity index is 2.75. The maximum Gasteiger partial charge on any atom is 0.185 e. The van der Waals surface area contributed by atoms with Crippen LogP contribution in [0.2, 0.25) is 0 Å². The van der Waals surface area contributed by atoms with Crippen LogP contribution in [0.3, 0.4) is 0 Å². The number of hydrogen-bond donors (Lipinski definition) is 1. The number of nitrogens with zero attached hydrogens (tertiary/aromatic N) is 2. The molecule has 15 heavy (non-hydrogen) atoms. The number of aromatic nitrogens is 1. The lowest BCUT2D eigenvalue weighted by atomic mass is 10.2. The van der Waals surface area contributed by atoms with Crippen LogP contribution in [0.1, 0.15) is 5.56 Å². The first-order valence-corrected chi connectivity index (χ1v) is 5.71. The topological polar surface area (TPSA) is 37.5 Å². The highest BCUT2D eigenvalue weighted by atomic mass is 32.1. The number of aliphatic hydroxyl groups is 1. The van der Waals surface area contributed by atoms with Crippen LogP contribution in [0.15, 0.2) is 23.2 Å². The molecule has 1 heterocycles. The van der Waals surface area contributed by atoms with Crippen molar-refractivity contribution in [2.24, 2.45) is 4.99 Å². The molecule has 0 bridgehead atoms. The molecule has 3 nitrogen and oxygen atoms in total. The standard InChI is InChI=1S/C11H14N2OS/c1-8-3-4-9-10(7-8)15-11(12-2)13(9)5-6-14/h3-4,7,14H,5-6H2,1-2H3. The van der Waals surface area contributed by atoms with Gasteiger partial charge in [-0.05, 0) is 24.6 Å². The summed E-state index contributed by atoms with van der Waals surface area (Å²) in [5, 5.41) is 9.01. The molecule has 1 aromatic carbocycles. The molecule has 4 heteroatoms. The highest BCUT2D eigenvalue weighted by molar-refractivity contribution is 7.16. The van der Waals surface area contributed by atoms with Crippen molar-refractivity contribution in [3.63, 3.8) is 0 Å². The molecule has 0 saturated carbocycles. The fraction of sp³-hybridized carbons (Fsp3) is 0.364. The van der Waals surface area contributed by atoms with Gasteiger partial charge < -0.3 is 9.67 Å². The largest absolute Gasteiger partial charge is 0.395 e. The number of aliphatic hydroxyl groups excluding tert-OH is 1. The molecule has 2 rings (SSSR count).